The van der Waals surface area contributed by atoms with Gasteiger partial charge in [-0.15, -0.1) is 11.3 Å². The Bertz CT molecular complexity index is 1660. The normalized spacial score (nSPS) is 12.0. The molecule has 0 saturated carbocycles. The number of nitrogens with one attached hydrogen (secondary N) is 2. The standard InChI is InChI=1S/C25H23F3N6O4S/c1-5-29-23(38)33-19-7-12(21-32-18(11-39-21)25(26,27)28)14(8-31-19)16-6-13-17(9-30-16)34(24(2,3)4)10-15(20(13)35)22(36)37/h6-11H,5H2,1-4H3,(H,36,37)(H2,29,31,33,38). The molecule has 0 atom stereocenters. The molecule has 0 aliphatic rings. The van der Waals surface area contributed by atoms with E-state index in [-0.39, 0.29) is 33.0 Å². The molecular weight excluding hydrogens is 537 g/mol. The zero-order valence-corrected chi connectivity index (χ0v) is 22.0. The lowest BCUT2D eigenvalue weighted by molar-refractivity contribution is -0.140. The summed E-state index contributed by atoms with van der Waals surface area (Å²) in [5.41, 5.74) is -1.94. The lowest BCUT2D eigenvalue weighted by Crippen LogP contribution is -2.28. The van der Waals surface area contributed by atoms with Crippen molar-refractivity contribution in [2.24, 2.45) is 0 Å². The van der Waals surface area contributed by atoms with Gasteiger partial charge in [0.25, 0.3) is 0 Å². The molecule has 0 saturated heterocycles. The number of aromatic nitrogens is 4. The molecular formula is C25H23F3N6O4S. The number of carboxylic acid groups (broad SMARTS) is 1. The molecule has 4 rings (SSSR count). The van der Waals surface area contributed by atoms with Crippen LogP contribution in [0.5, 0.6) is 0 Å². The molecule has 204 valence electrons. The molecule has 39 heavy (non-hydrogen) atoms. The number of hydrogen-bond donors (Lipinski definition) is 3. The first-order valence-electron chi connectivity index (χ1n) is 11.6. The number of urea groups is 1. The quantitative estimate of drug-likeness (QED) is 0.305. The van der Waals surface area contributed by atoms with Crippen molar-refractivity contribution in [1.29, 1.82) is 0 Å². The SMILES string of the molecule is CCNC(=O)Nc1cc(-c2nc(C(F)(F)F)cs2)c(-c2cc3c(=O)c(C(=O)O)cn(C(C)(C)C)c3cn2)cn1. The highest BCUT2D eigenvalue weighted by Gasteiger charge is 2.34. The topological polar surface area (TPSA) is 139 Å². The number of carbonyl (C=O) groups is 2. The Balaban J connectivity index is 1.96. The first kappa shape index (κ1) is 27.7. The molecule has 0 aliphatic carbocycles. The summed E-state index contributed by atoms with van der Waals surface area (Å²) < 4.78 is 41.5. The van der Waals surface area contributed by atoms with E-state index in [2.05, 4.69) is 25.6 Å². The Hall–Kier alpha value is -4.33. The number of carboxylic acids is 1. The number of rotatable bonds is 5. The number of nitrogens with zero attached hydrogens (tertiary/aromatic N) is 4. The van der Waals surface area contributed by atoms with Crippen LogP contribution in [0, 0.1) is 0 Å². The highest BCUT2D eigenvalue weighted by molar-refractivity contribution is 7.13. The van der Waals surface area contributed by atoms with Crippen LogP contribution in [0.1, 0.15) is 43.7 Å². The van der Waals surface area contributed by atoms with E-state index in [0.717, 1.165) is 16.7 Å². The van der Waals surface area contributed by atoms with E-state index in [1.807, 2.05) is 20.8 Å². The predicted molar refractivity (Wildman–Crippen MR) is 140 cm³/mol. The molecule has 0 aliphatic heterocycles. The van der Waals surface area contributed by atoms with Crippen molar-refractivity contribution in [3.05, 3.63) is 57.6 Å². The maximum atomic E-state index is 13.3. The summed E-state index contributed by atoms with van der Waals surface area (Å²) >= 11 is 0.737. The molecule has 0 bridgehead atoms. The van der Waals surface area contributed by atoms with E-state index < -0.39 is 40.4 Å². The van der Waals surface area contributed by atoms with Gasteiger partial charge in [0.1, 0.15) is 16.4 Å². The van der Waals surface area contributed by atoms with Gasteiger partial charge in [-0.25, -0.2) is 19.6 Å². The van der Waals surface area contributed by atoms with Gasteiger partial charge in [-0.1, -0.05) is 0 Å². The van der Waals surface area contributed by atoms with Crippen molar-refractivity contribution in [2.75, 3.05) is 11.9 Å². The van der Waals surface area contributed by atoms with Crippen LogP contribution in [0.3, 0.4) is 0 Å². The first-order valence-corrected chi connectivity index (χ1v) is 12.5. The van der Waals surface area contributed by atoms with Crippen LogP contribution in [0.25, 0.3) is 32.7 Å². The lowest BCUT2D eigenvalue weighted by atomic mass is 10.0. The monoisotopic (exact) mass is 560 g/mol. The van der Waals surface area contributed by atoms with E-state index in [0.29, 0.717) is 12.1 Å². The molecule has 4 heterocycles. The second-order valence-electron chi connectivity index (χ2n) is 9.44. The molecule has 3 N–H and O–H groups in total. The zero-order chi connectivity index (χ0) is 28.7. The highest BCUT2D eigenvalue weighted by Crippen LogP contribution is 2.38. The minimum atomic E-state index is -4.67. The zero-order valence-electron chi connectivity index (χ0n) is 21.2. The van der Waals surface area contributed by atoms with Gasteiger partial charge >= 0.3 is 18.2 Å². The number of alkyl halides is 3. The van der Waals surface area contributed by atoms with E-state index in [9.17, 15) is 32.7 Å². The van der Waals surface area contributed by atoms with Crippen LogP contribution in [0.4, 0.5) is 23.8 Å². The summed E-state index contributed by atoms with van der Waals surface area (Å²) in [7, 11) is 0. The highest BCUT2D eigenvalue weighted by atomic mass is 32.1. The van der Waals surface area contributed by atoms with E-state index in [1.165, 1.54) is 30.7 Å². The van der Waals surface area contributed by atoms with E-state index in [4.69, 9.17) is 0 Å². The number of carbonyl (C=O) groups excluding carboxylic acids is 1. The summed E-state index contributed by atoms with van der Waals surface area (Å²) in [5, 5.41) is 15.6. The summed E-state index contributed by atoms with van der Waals surface area (Å²) in [6.07, 6.45) is -0.715. The third kappa shape index (κ3) is 5.60. The Labute approximate surface area is 223 Å². The van der Waals surface area contributed by atoms with Crippen molar-refractivity contribution >= 4 is 40.1 Å². The molecule has 4 aromatic heterocycles. The Kier molecular flexibility index (Phi) is 7.17. The molecule has 2 amide bonds. The fraction of sp³-hybridized carbons (Fsp3) is 0.280. The maximum Gasteiger partial charge on any atom is 0.434 e. The number of aromatic carboxylic acids is 1. The average molecular weight is 561 g/mol. The Morgan fingerprint density at radius 1 is 1.10 bits per heavy atom. The number of pyridine rings is 3. The van der Waals surface area contributed by atoms with Gasteiger partial charge in [-0.3, -0.25) is 15.1 Å². The minimum Gasteiger partial charge on any atom is -0.477 e. The fourth-order valence-corrected chi connectivity index (χ4v) is 4.69. The van der Waals surface area contributed by atoms with Crippen LogP contribution >= 0.6 is 11.3 Å². The Morgan fingerprint density at radius 3 is 2.41 bits per heavy atom. The van der Waals surface area contributed by atoms with Gasteiger partial charge in [0.05, 0.1) is 22.8 Å². The average Bonchev–Trinajstić information content (AvgIpc) is 3.34. The molecule has 0 radical (unpaired) electrons. The minimum absolute atomic E-state index is 0.0213. The van der Waals surface area contributed by atoms with Gasteiger partial charge in [0.2, 0.25) is 5.43 Å². The number of halogens is 3. The van der Waals surface area contributed by atoms with E-state index >= 15 is 0 Å². The van der Waals surface area contributed by atoms with Crippen LogP contribution in [-0.4, -0.2) is 43.2 Å². The first-order chi connectivity index (χ1) is 18.2. The van der Waals surface area contributed by atoms with Crippen molar-refractivity contribution in [1.82, 2.24) is 24.8 Å². The predicted octanol–water partition coefficient (Wildman–Crippen LogP) is 5.20. The van der Waals surface area contributed by atoms with Gasteiger partial charge in [0.15, 0.2) is 5.69 Å². The van der Waals surface area contributed by atoms with Crippen molar-refractivity contribution in [3.8, 4) is 21.8 Å². The van der Waals surface area contributed by atoms with Gasteiger partial charge < -0.3 is 15.0 Å². The molecule has 10 nitrogen and oxygen atoms in total. The molecule has 0 spiro atoms. The van der Waals surface area contributed by atoms with Crippen molar-refractivity contribution in [2.45, 2.75) is 39.4 Å². The van der Waals surface area contributed by atoms with E-state index in [1.54, 1.807) is 11.5 Å². The number of thiazole rings is 1. The van der Waals surface area contributed by atoms with Crippen molar-refractivity contribution < 1.29 is 27.9 Å². The smallest absolute Gasteiger partial charge is 0.434 e. The second-order valence-corrected chi connectivity index (χ2v) is 10.3. The number of anilines is 1. The van der Waals surface area contributed by atoms with Crippen LogP contribution in [0.2, 0.25) is 0 Å². The number of fused-ring (bicyclic) bond motifs is 1. The fourth-order valence-electron chi connectivity index (χ4n) is 3.83. The molecule has 0 unspecified atom stereocenters. The van der Waals surface area contributed by atoms with Gasteiger partial charge in [0, 0.05) is 41.0 Å². The molecule has 0 fully saturated rings. The lowest BCUT2D eigenvalue weighted by Gasteiger charge is -2.26. The third-order valence-corrected chi connectivity index (χ3v) is 6.50. The van der Waals surface area contributed by atoms with Gasteiger partial charge in [-0.05, 0) is 39.8 Å². The summed E-state index contributed by atoms with van der Waals surface area (Å²) in [6, 6.07) is 2.17. The summed E-state index contributed by atoms with van der Waals surface area (Å²) in [5.74, 6) is -1.35. The van der Waals surface area contributed by atoms with Crippen LogP contribution < -0.4 is 16.1 Å². The number of amides is 2. The molecule has 4 aromatic rings. The van der Waals surface area contributed by atoms with Crippen molar-refractivity contribution in [3.63, 3.8) is 0 Å². The van der Waals surface area contributed by atoms with Gasteiger partial charge in [-0.2, -0.15) is 13.2 Å². The summed E-state index contributed by atoms with van der Waals surface area (Å²) in [4.78, 5) is 49.3. The second kappa shape index (κ2) is 10.1. The maximum absolute atomic E-state index is 13.3. The van der Waals surface area contributed by atoms with Crippen LogP contribution in [-0.2, 0) is 11.7 Å². The molecule has 0 aromatic carbocycles. The summed E-state index contributed by atoms with van der Waals surface area (Å²) in [6.45, 7) is 7.55. The van der Waals surface area contributed by atoms with Crippen LogP contribution in [0.15, 0.2) is 40.9 Å². The molecule has 14 heteroatoms. The Morgan fingerprint density at radius 2 is 1.82 bits per heavy atom. The third-order valence-electron chi connectivity index (χ3n) is 5.63. The number of hydrogen-bond acceptors (Lipinski definition) is 7. The largest absolute Gasteiger partial charge is 0.477 e.